The third-order valence-electron chi connectivity index (χ3n) is 3.62. The Morgan fingerprint density at radius 3 is 3.20 bits per heavy atom. The minimum absolute atomic E-state index is 0.0355. The van der Waals surface area contributed by atoms with E-state index in [2.05, 4.69) is 29.6 Å². The van der Waals surface area contributed by atoms with Crippen molar-refractivity contribution in [2.24, 2.45) is 5.92 Å². The normalized spacial score (nSPS) is 33.1. The van der Waals surface area contributed by atoms with Crippen LogP contribution < -0.4 is 5.32 Å². The van der Waals surface area contributed by atoms with Crippen LogP contribution in [-0.2, 0) is 0 Å². The maximum atomic E-state index is 9.01. The summed E-state index contributed by atoms with van der Waals surface area (Å²) in [4.78, 5) is 0. The largest absolute Gasteiger partial charge is 0.298 e. The minimum atomic E-state index is 0.0355. The molecule has 2 unspecified atom stereocenters. The van der Waals surface area contributed by atoms with E-state index >= 15 is 0 Å². The lowest BCUT2D eigenvalue weighted by Crippen LogP contribution is -2.28. The van der Waals surface area contributed by atoms with Crippen molar-refractivity contribution in [2.75, 3.05) is 6.54 Å². The molecule has 0 bridgehead atoms. The quantitative estimate of drug-likeness (QED) is 0.647. The molecular formula is C13H14N2. The first-order valence-electron chi connectivity index (χ1n) is 5.63. The molecule has 3 rings (SSSR count). The number of nitrogens with one attached hydrogen (secondary N) is 1. The smallest absolute Gasteiger partial charge is 0.0961 e. The molecule has 0 radical (unpaired) electrons. The SMILES string of the molecule is N#CC1CC2CCC=C3C=CC(=C32)CN1. The van der Waals surface area contributed by atoms with Crippen LogP contribution in [0.3, 0.4) is 0 Å². The number of rotatable bonds is 0. The molecule has 0 saturated carbocycles. The van der Waals surface area contributed by atoms with Crippen molar-refractivity contribution in [2.45, 2.75) is 25.3 Å². The first kappa shape index (κ1) is 8.94. The number of hydrogen-bond donors (Lipinski definition) is 1. The topological polar surface area (TPSA) is 35.8 Å². The molecule has 2 atom stereocenters. The zero-order valence-corrected chi connectivity index (χ0v) is 8.66. The van der Waals surface area contributed by atoms with Crippen LogP contribution in [0.5, 0.6) is 0 Å². The van der Waals surface area contributed by atoms with Crippen LogP contribution in [0.25, 0.3) is 0 Å². The van der Waals surface area contributed by atoms with E-state index in [-0.39, 0.29) is 6.04 Å². The van der Waals surface area contributed by atoms with Crippen molar-refractivity contribution in [3.05, 3.63) is 34.9 Å². The summed E-state index contributed by atoms with van der Waals surface area (Å²) in [5.74, 6) is 0.606. The summed E-state index contributed by atoms with van der Waals surface area (Å²) in [5, 5.41) is 12.3. The second-order valence-corrected chi connectivity index (χ2v) is 4.50. The van der Waals surface area contributed by atoms with Gasteiger partial charge in [0.1, 0.15) is 0 Å². The summed E-state index contributed by atoms with van der Waals surface area (Å²) >= 11 is 0. The van der Waals surface area contributed by atoms with Crippen molar-refractivity contribution >= 4 is 0 Å². The molecule has 2 heteroatoms. The van der Waals surface area contributed by atoms with Crippen LogP contribution >= 0.6 is 0 Å². The fraction of sp³-hybridized carbons (Fsp3) is 0.462. The Bertz CT molecular complexity index is 420. The summed E-state index contributed by atoms with van der Waals surface area (Å²) in [6.45, 7) is 0.859. The fourth-order valence-corrected chi connectivity index (χ4v) is 2.90. The second-order valence-electron chi connectivity index (χ2n) is 4.50. The average Bonchev–Trinajstić information content (AvgIpc) is 2.58. The predicted molar refractivity (Wildman–Crippen MR) is 59.0 cm³/mol. The zero-order valence-electron chi connectivity index (χ0n) is 8.66. The maximum Gasteiger partial charge on any atom is 0.0961 e. The molecule has 0 saturated heterocycles. The van der Waals surface area contributed by atoms with Gasteiger partial charge < -0.3 is 0 Å². The lowest BCUT2D eigenvalue weighted by Gasteiger charge is -2.23. The van der Waals surface area contributed by atoms with E-state index in [1.807, 2.05) is 0 Å². The first-order chi connectivity index (χ1) is 7.38. The van der Waals surface area contributed by atoms with Gasteiger partial charge in [0.25, 0.3) is 0 Å². The third-order valence-corrected chi connectivity index (χ3v) is 3.62. The number of nitrogens with zero attached hydrogens (tertiary/aromatic N) is 1. The van der Waals surface area contributed by atoms with Gasteiger partial charge in [-0.25, -0.2) is 0 Å². The van der Waals surface area contributed by atoms with Crippen LogP contribution in [0.2, 0.25) is 0 Å². The molecule has 76 valence electrons. The Labute approximate surface area is 90.0 Å². The van der Waals surface area contributed by atoms with Gasteiger partial charge in [-0.05, 0) is 41.9 Å². The number of nitriles is 1. The molecule has 0 aromatic rings. The molecule has 0 aromatic heterocycles. The highest BCUT2D eigenvalue weighted by molar-refractivity contribution is 5.56. The van der Waals surface area contributed by atoms with Crippen LogP contribution in [0.1, 0.15) is 19.3 Å². The van der Waals surface area contributed by atoms with E-state index in [9.17, 15) is 0 Å². The number of hydrogen-bond acceptors (Lipinski definition) is 2. The summed E-state index contributed by atoms with van der Waals surface area (Å²) in [6, 6.07) is 2.39. The molecule has 1 heterocycles. The van der Waals surface area contributed by atoms with Crippen molar-refractivity contribution in [3.63, 3.8) is 0 Å². The number of allylic oxidation sites excluding steroid dienone is 4. The Kier molecular flexibility index (Phi) is 2.00. The fourth-order valence-electron chi connectivity index (χ4n) is 2.90. The van der Waals surface area contributed by atoms with Gasteiger partial charge in [0, 0.05) is 6.54 Å². The van der Waals surface area contributed by atoms with Crippen LogP contribution in [0.15, 0.2) is 34.9 Å². The highest BCUT2D eigenvalue weighted by Gasteiger charge is 2.30. The Hall–Kier alpha value is -1.33. The van der Waals surface area contributed by atoms with Crippen molar-refractivity contribution in [1.29, 1.82) is 5.26 Å². The van der Waals surface area contributed by atoms with Gasteiger partial charge in [-0.1, -0.05) is 18.2 Å². The molecule has 1 aliphatic heterocycles. The van der Waals surface area contributed by atoms with Crippen molar-refractivity contribution in [3.8, 4) is 6.07 Å². The third kappa shape index (κ3) is 1.35. The lowest BCUT2D eigenvalue weighted by atomic mass is 9.81. The van der Waals surface area contributed by atoms with Gasteiger partial charge in [0.2, 0.25) is 0 Å². The first-order valence-corrected chi connectivity index (χ1v) is 5.63. The average molecular weight is 198 g/mol. The van der Waals surface area contributed by atoms with Crippen LogP contribution in [-0.4, -0.2) is 12.6 Å². The molecule has 0 aromatic carbocycles. The molecule has 2 nitrogen and oxygen atoms in total. The molecule has 1 N–H and O–H groups in total. The highest BCUT2D eigenvalue weighted by atomic mass is 14.9. The standard InChI is InChI=1S/C13H14N2/c14-7-12-6-10-3-1-2-9-4-5-11(8-15-12)13(9)10/h2,4-5,10,12,15H,1,3,6,8H2. The molecule has 15 heavy (non-hydrogen) atoms. The summed E-state index contributed by atoms with van der Waals surface area (Å²) < 4.78 is 0. The summed E-state index contributed by atoms with van der Waals surface area (Å²) in [5.41, 5.74) is 4.34. The molecule has 0 spiro atoms. The molecule has 3 aliphatic rings. The monoisotopic (exact) mass is 198 g/mol. The van der Waals surface area contributed by atoms with Crippen molar-refractivity contribution < 1.29 is 0 Å². The Morgan fingerprint density at radius 1 is 1.40 bits per heavy atom. The summed E-state index contributed by atoms with van der Waals surface area (Å²) in [6.07, 6.45) is 10.1. The predicted octanol–water partition coefficient (Wildman–Crippen LogP) is 2.07. The molecule has 0 amide bonds. The van der Waals surface area contributed by atoms with Gasteiger partial charge >= 0.3 is 0 Å². The van der Waals surface area contributed by atoms with Gasteiger partial charge in [-0.3, -0.25) is 5.32 Å². The van der Waals surface area contributed by atoms with E-state index in [0.29, 0.717) is 5.92 Å². The van der Waals surface area contributed by atoms with Crippen LogP contribution in [0, 0.1) is 17.2 Å². The zero-order chi connectivity index (χ0) is 10.3. The lowest BCUT2D eigenvalue weighted by molar-refractivity contribution is 0.472. The molecule has 0 fully saturated rings. The Morgan fingerprint density at radius 2 is 2.33 bits per heavy atom. The van der Waals surface area contributed by atoms with Gasteiger partial charge in [0.15, 0.2) is 0 Å². The van der Waals surface area contributed by atoms with Gasteiger partial charge in [0.05, 0.1) is 12.1 Å². The molecular weight excluding hydrogens is 184 g/mol. The van der Waals surface area contributed by atoms with E-state index in [0.717, 1.165) is 13.0 Å². The van der Waals surface area contributed by atoms with E-state index in [1.54, 1.807) is 0 Å². The van der Waals surface area contributed by atoms with Crippen molar-refractivity contribution in [1.82, 2.24) is 5.32 Å². The van der Waals surface area contributed by atoms with Gasteiger partial charge in [-0.2, -0.15) is 5.26 Å². The second kappa shape index (κ2) is 3.36. The molecule has 2 aliphatic carbocycles. The van der Waals surface area contributed by atoms with E-state index in [4.69, 9.17) is 5.26 Å². The van der Waals surface area contributed by atoms with E-state index < -0.39 is 0 Å². The Balaban J connectivity index is 1.99. The maximum absolute atomic E-state index is 9.01. The van der Waals surface area contributed by atoms with Gasteiger partial charge in [-0.15, -0.1) is 0 Å². The summed E-state index contributed by atoms with van der Waals surface area (Å²) in [7, 11) is 0. The highest BCUT2D eigenvalue weighted by Crippen LogP contribution is 2.40. The van der Waals surface area contributed by atoms with E-state index in [1.165, 1.54) is 29.6 Å². The minimum Gasteiger partial charge on any atom is -0.298 e. The van der Waals surface area contributed by atoms with Crippen LogP contribution in [0.4, 0.5) is 0 Å².